The van der Waals surface area contributed by atoms with Crippen LogP contribution in [0.4, 0.5) is 5.69 Å². The highest BCUT2D eigenvalue weighted by Crippen LogP contribution is 2.21. The van der Waals surface area contributed by atoms with Crippen molar-refractivity contribution in [2.45, 2.75) is 6.54 Å². The van der Waals surface area contributed by atoms with Crippen LogP contribution in [0.5, 0.6) is 0 Å². The number of halogens is 1. The number of hydrogen-bond donors (Lipinski definition) is 2. The summed E-state index contributed by atoms with van der Waals surface area (Å²) in [5.74, 6) is 0.931. The predicted molar refractivity (Wildman–Crippen MR) is 60.1 cm³/mol. The molecule has 0 amide bonds. The van der Waals surface area contributed by atoms with E-state index in [0.717, 1.165) is 16.0 Å². The van der Waals surface area contributed by atoms with Crippen molar-refractivity contribution in [1.82, 2.24) is 9.97 Å². The summed E-state index contributed by atoms with van der Waals surface area (Å²) in [6.45, 7) is 0.704. The van der Waals surface area contributed by atoms with Gasteiger partial charge in [-0.15, -0.1) is 0 Å². The van der Waals surface area contributed by atoms with Crippen LogP contribution in [0.15, 0.2) is 41.1 Å². The van der Waals surface area contributed by atoms with E-state index >= 15 is 0 Å². The third-order valence-corrected chi connectivity index (χ3v) is 2.57. The molecule has 0 aliphatic heterocycles. The molecule has 2 N–H and O–H groups in total. The normalized spacial score (nSPS) is 10.1. The summed E-state index contributed by atoms with van der Waals surface area (Å²) in [6.07, 6.45) is 3.56. The fourth-order valence-electron chi connectivity index (χ4n) is 1.18. The van der Waals surface area contributed by atoms with Gasteiger partial charge in [-0.25, -0.2) is 4.98 Å². The van der Waals surface area contributed by atoms with Crippen LogP contribution in [-0.4, -0.2) is 9.97 Å². The number of benzene rings is 1. The van der Waals surface area contributed by atoms with Crippen LogP contribution >= 0.6 is 15.9 Å². The highest BCUT2D eigenvalue weighted by Gasteiger charge is 1.98. The van der Waals surface area contributed by atoms with Gasteiger partial charge in [0.1, 0.15) is 5.82 Å². The van der Waals surface area contributed by atoms with Crippen molar-refractivity contribution in [2.24, 2.45) is 0 Å². The molecule has 2 rings (SSSR count). The fraction of sp³-hybridized carbons (Fsp3) is 0.100. The number of hydrogen-bond acceptors (Lipinski definition) is 2. The molecule has 0 bridgehead atoms. The molecule has 1 heterocycles. The Morgan fingerprint density at radius 3 is 2.93 bits per heavy atom. The maximum absolute atomic E-state index is 4.13. The van der Waals surface area contributed by atoms with E-state index in [-0.39, 0.29) is 0 Å². The first-order valence-electron chi connectivity index (χ1n) is 4.33. The van der Waals surface area contributed by atoms with Gasteiger partial charge in [0, 0.05) is 22.6 Å². The van der Waals surface area contributed by atoms with Crippen molar-refractivity contribution in [3.63, 3.8) is 0 Å². The van der Waals surface area contributed by atoms with Crippen LogP contribution in [0.1, 0.15) is 5.82 Å². The van der Waals surface area contributed by atoms with Gasteiger partial charge in [0.05, 0.1) is 6.54 Å². The molecule has 0 aliphatic rings. The second kappa shape index (κ2) is 4.28. The number of H-pyrrole nitrogens is 1. The van der Waals surface area contributed by atoms with Crippen molar-refractivity contribution >= 4 is 21.6 Å². The molecule has 3 nitrogen and oxygen atoms in total. The molecule has 14 heavy (non-hydrogen) atoms. The van der Waals surface area contributed by atoms with Crippen molar-refractivity contribution in [3.05, 3.63) is 47.0 Å². The van der Waals surface area contributed by atoms with E-state index in [0.29, 0.717) is 6.54 Å². The van der Waals surface area contributed by atoms with Gasteiger partial charge in [-0.3, -0.25) is 0 Å². The largest absolute Gasteiger partial charge is 0.377 e. The zero-order chi connectivity index (χ0) is 9.80. The molecule has 0 saturated carbocycles. The van der Waals surface area contributed by atoms with Gasteiger partial charge in [-0.1, -0.05) is 12.1 Å². The molecule has 0 fully saturated rings. The van der Waals surface area contributed by atoms with Crippen LogP contribution in [0.3, 0.4) is 0 Å². The Labute approximate surface area is 90.7 Å². The lowest BCUT2D eigenvalue weighted by Gasteiger charge is -2.05. The topological polar surface area (TPSA) is 40.7 Å². The number of rotatable bonds is 3. The lowest BCUT2D eigenvalue weighted by Crippen LogP contribution is -2.01. The van der Waals surface area contributed by atoms with Gasteiger partial charge in [-0.2, -0.15) is 0 Å². The van der Waals surface area contributed by atoms with E-state index in [9.17, 15) is 0 Å². The summed E-state index contributed by atoms with van der Waals surface area (Å²) in [5.41, 5.74) is 1.07. The van der Waals surface area contributed by atoms with Gasteiger partial charge in [-0.05, 0) is 28.1 Å². The summed E-state index contributed by atoms with van der Waals surface area (Å²) < 4.78 is 1.06. The number of nitrogens with zero attached hydrogens (tertiary/aromatic N) is 1. The van der Waals surface area contributed by atoms with E-state index in [4.69, 9.17) is 0 Å². The molecule has 2 aromatic rings. The minimum atomic E-state index is 0.704. The van der Waals surface area contributed by atoms with Gasteiger partial charge < -0.3 is 10.3 Å². The van der Waals surface area contributed by atoms with E-state index in [1.807, 2.05) is 30.5 Å². The van der Waals surface area contributed by atoms with Crippen molar-refractivity contribution in [1.29, 1.82) is 0 Å². The van der Waals surface area contributed by atoms with E-state index in [1.54, 1.807) is 6.20 Å². The molecular formula is C10H10BrN3. The maximum Gasteiger partial charge on any atom is 0.125 e. The molecule has 72 valence electrons. The smallest absolute Gasteiger partial charge is 0.125 e. The molecule has 0 saturated heterocycles. The van der Waals surface area contributed by atoms with Gasteiger partial charge in [0.25, 0.3) is 0 Å². The van der Waals surface area contributed by atoms with Crippen LogP contribution in [0, 0.1) is 0 Å². The highest BCUT2D eigenvalue weighted by molar-refractivity contribution is 9.10. The summed E-state index contributed by atoms with van der Waals surface area (Å²) in [5, 5.41) is 3.27. The Bertz CT molecular complexity index is 398. The number of aromatic nitrogens is 2. The zero-order valence-corrected chi connectivity index (χ0v) is 9.08. The van der Waals surface area contributed by atoms with Crippen molar-refractivity contribution in [3.8, 4) is 0 Å². The molecular weight excluding hydrogens is 242 g/mol. The quantitative estimate of drug-likeness (QED) is 0.881. The number of para-hydroxylation sites is 1. The molecule has 1 aromatic carbocycles. The average Bonchev–Trinajstić information content (AvgIpc) is 2.69. The Morgan fingerprint density at radius 1 is 1.36 bits per heavy atom. The van der Waals surface area contributed by atoms with Crippen molar-refractivity contribution < 1.29 is 0 Å². The molecule has 0 atom stereocenters. The van der Waals surface area contributed by atoms with Gasteiger partial charge in [0.15, 0.2) is 0 Å². The molecule has 0 aliphatic carbocycles. The highest BCUT2D eigenvalue weighted by atomic mass is 79.9. The number of nitrogens with one attached hydrogen (secondary N) is 2. The van der Waals surface area contributed by atoms with Crippen LogP contribution < -0.4 is 5.32 Å². The Hall–Kier alpha value is -1.29. The fourth-order valence-corrected chi connectivity index (χ4v) is 1.60. The average molecular weight is 252 g/mol. The molecule has 0 spiro atoms. The van der Waals surface area contributed by atoms with E-state index in [2.05, 4.69) is 31.2 Å². The SMILES string of the molecule is Brc1ccccc1NCc1ncc[nH]1. The number of anilines is 1. The Morgan fingerprint density at radius 2 is 2.21 bits per heavy atom. The molecule has 0 unspecified atom stereocenters. The van der Waals surface area contributed by atoms with Crippen LogP contribution in [-0.2, 0) is 6.54 Å². The standard InChI is InChI=1S/C10H10BrN3/c11-8-3-1-2-4-9(8)14-7-10-12-5-6-13-10/h1-6,14H,7H2,(H,12,13). The van der Waals surface area contributed by atoms with Gasteiger partial charge >= 0.3 is 0 Å². The monoisotopic (exact) mass is 251 g/mol. The Kier molecular flexibility index (Phi) is 2.84. The van der Waals surface area contributed by atoms with Crippen LogP contribution in [0.2, 0.25) is 0 Å². The molecule has 4 heteroatoms. The van der Waals surface area contributed by atoms with E-state index in [1.165, 1.54) is 0 Å². The minimum absolute atomic E-state index is 0.704. The second-order valence-corrected chi connectivity index (χ2v) is 3.72. The first kappa shape index (κ1) is 9.27. The second-order valence-electron chi connectivity index (χ2n) is 2.87. The summed E-state index contributed by atoms with van der Waals surface area (Å²) in [4.78, 5) is 7.17. The third-order valence-electron chi connectivity index (χ3n) is 1.87. The van der Waals surface area contributed by atoms with Crippen LogP contribution in [0.25, 0.3) is 0 Å². The van der Waals surface area contributed by atoms with Gasteiger partial charge in [0.2, 0.25) is 0 Å². The third kappa shape index (κ3) is 2.14. The first-order valence-corrected chi connectivity index (χ1v) is 5.12. The predicted octanol–water partition coefficient (Wildman–Crippen LogP) is 2.78. The first-order chi connectivity index (χ1) is 6.86. The van der Waals surface area contributed by atoms with Crippen molar-refractivity contribution in [2.75, 3.05) is 5.32 Å². The summed E-state index contributed by atoms with van der Waals surface area (Å²) >= 11 is 3.47. The maximum atomic E-state index is 4.13. The summed E-state index contributed by atoms with van der Waals surface area (Å²) in [6, 6.07) is 8.01. The summed E-state index contributed by atoms with van der Waals surface area (Å²) in [7, 11) is 0. The molecule has 1 aromatic heterocycles. The molecule has 0 radical (unpaired) electrons. The Balaban J connectivity index is 2.02. The zero-order valence-electron chi connectivity index (χ0n) is 7.50. The lowest BCUT2D eigenvalue weighted by atomic mass is 10.3. The lowest BCUT2D eigenvalue weighted by molar-refractivity contribution is 0.999. The minimum Gasteiger partial charge on any atom is -0.377 e. The number of imidazole rings is 1. The van der Waals surface area contributed by atoms with E-state index < -0.39 is 0 Å². The number of aromatic amines is 1.